The molecular formula is C18H19ClN2O5S. The number of carbonyl (C=O) groups is 1. The van der Waals surface area contributed by atoms with Gasteiger partial charge < -0.3 is 15.5 Å². The van der Waals surface area contributed by atoms with E-state index in [1.54, 1.807) is 0 Å². The Labute approximate surface area is 162 Å². The molecule has 1 heterocycles. The Kier molecular flexibility index (Phi) is 5.59. The van der Waals surface area contributed by atoms with Crippen molar-refractivity contribution in [1.29, 1.82) is 0 Å². The average Bonchev–Trinajstić information content (AvgIpc) is 2.61. The zero-order valence-electron chi connectivity index (χ0n) is 14.3. The predicted molar refractivity (Wildman–Crippen MR) is 100 cm³/mol. The fraction of sp³-hybridized carbons (Fsp3) is 0.278. The summed E-state index contributed by atoms with van der Waals surface area (Å²) in [6.45, 7) is 0.558. The maximum Gasteiger partial charge on any atom is 0.251 e. The number of sulfonamides is 1. The summed E-state index contributed by atoms with van der Waals surface area (Å²) in [6, 6.07) is 9.47. The van der Waals surface area contributed by atoms with Crippen LogP contribution < -0.4 is 5.32 Å². The number of rotatable bonds is 4. The maximum absolute atomic E-state index is 12.7. The third kappa shape index (κ3) is 4.52. The zero-order valence-corrected chi connectivity index (χ0v) is 15.9. The second kappa shape index (κ2) is 7.75. The summed E-state index contributed by atoms with van der Waals surface area (Å²) in [5, 5.41) is 22.2. The molecule has 0 spiro atoms. The van der Waals surface area contributed by atoms with Crippen LogP contribution in [0.1, 0.15) is 23.2 Å². The highest BCUT2D eigenvalue weighted by Crippen LogP contribution is 2.23. The highest BCUT2D eigenvalue weighted by molar-refractivity contribution is 7.89. The summed E-state index contributed by atoms with van der Waals surface area (Å²) >= 11 is 5.81. The molecule has 1 saturated heterocycles. The van der Waals surface area contributed by atoms with Crippen LogP contribution in [0.15, 0.2) is 47.4 Å². The van der Waals surface area contributed by atoms with Crippen LogP contribution >= 0.6 is 11.6 Å². The van der Waals surface area contributed by atoms with Crippen molar-refractivity contribution in [3.8, 4) is 11.5 Å². The van der Waals surface area contributed by atoms with Gasteiger partial charge in [-0.05, 0) is 49.2 Å². The number of benzene rings is 2. The molecule has 0 saturated carbocycles. The predicted octanol–water partition coefficient (Wildman–Crippen LogP) is 2.33. The number of phenols is 2. The Bertz CT molecular complexity index is 918. The molecule has 0 bridgehead atoms. The number of nitrogens with zero attached hydrogens (tertiary/aromatic N) is 1. The minimum atomic E-state index is -3.60. The van der Waals surface area contributed by atoms with Crippen molar-refractivity contribution in [2.75, 3.05) is 13.1 Å². The Hall–Kier alpha value is -2.29. The SMILES string of the molecule is O=C(NC1CCN(S(=O)(=O)c2ccc(Cl)cc2)CC1)c1cc(O)cc(O)c1. The lowest BCUT2D eigenvalue weighted by Crippen LogP contribution is -2.46. The Morgan fingerprint density at radius 1 is 1.04 bits per heavy atom. The second-order valence-corrected chi connectivity index (χ2v) is 8.72. The first kappa shape index (κ1) is 19.5. The molecule has 3 N–H and O–H groups in total. The van der Waals surface area contributed by atoms with Gasteiger partial charge in [0.05, 0.1) is 4.90 Å². The van der Waals surface area contributed by atoms with E-state index in [0.29, 0.717) is 17.9 Å². The third-order valence-electron chi connectivity index (χ3n) is 4.41. The standard InChI is InChI=1S/C18H19ClN2O5S/c19-13-1-3-17(4-2-13)27(25,26)21-7-5-14(6-8-21)20-18(24)12-9-15(22)11-16(23)10-12/h1-4,9-11,14,22-23H,5-8H2,(H,20,24). The summed E-state index contributed by atoms with van der Waals surface area (Å²) in [5.41, 5.74) is 0.142. The minimum absolute atomic E-state index is 0.142. The molecular weight excluding hydrogens is 392 g/mol. The van der Waals surface area contributed by atoms with Gasteiger partial charge in [0, 0.05) is 35.8 Å². The molecule has 0 aromatic heterocycles. The molecule has 0 unspecified atom stereocenters. The van der Waals surface area contributed by atoms with Gasteiger partial charge in [-0.1, -0.05) is 11.6 Å². The van der Waals surface area contributed by atoms with E-state index in [1.165, 1.54) is 40.7 Å². The third-order valence-corrected chi connectivity index (χ3v) is 6.57. The molecule has 1 amide bonds. The van der Waals surface area contributed by atoms with Crippen LogP contribution in [0.2, 0.25) is 5.02 Å². The first-order valence-electron chi connectivity index (χ1n) is 8.35. The van der Waals surface area contributed by atoms with E-state index in [0.717, 1.165) is 6.07 Å². The molecule has 27 heavy (non-hydrogen) atoms. The van der Waals surface area contributed by atoms with Crippen LogP contribution in [0.3, 0.4) is 0 Å². The van der Waals surface area contributed by atoms with Crippen molar-refractivity contribution in [3.05, 3.63) is 53.1 Å². The Morgan fingerprint density at radius 3 is 2.15 bits per heavy atom. The number of carbonyl (C=O) groups excluding carboxylic acids is 1. The van der Waals surface area contributed by atoms with Crippen molar-refractivity contribution in [1.82, 2.24) is 9.62 Å². The van der Waals surface area contributed by atoms with E-state index >= 15 is 0 Å². The van der Waals surface area contributed by atoms with Crippen LogP contribution in [0.5, 0.6) is 11.5 Å². The summed E-state index contributed by atoms with van der Waals surface area (Å²) in [6.07, 6.45) is 0.923. The van der Waals surface area contributed by atoms with Gasteiger partial charge in [0.2, 0.25) is 10.0 Å². The highest BCUT2D eigenvalue weighted by atomic mass is 35.5. The highest BCUT2D eigenvalue weighted by Gasteiger charge is 2.30. The molecule has 144 valence electrons. The molecule has 1 fully saturated rings. The van der Waals surface area contributed by atoms with Gasteiger partial charge in [0.25, 0.3) is 5.91 Å². The number of hydrogen-bond donors (Lipinski definition) is 3. The monoisotopic (exact) mass is 410 g/mol. The van der Waals surface area contributed by atoms with Gasteiger partial charge >= 0.3 is 0 Å². The van der Waals surface area contributed by atoms with E-state index in [4.69, 9.17) is 11.6 Å². The van der Waals surface area contributed by atoms with Crippen molar-refractivity contribution in [2.45, 2.75) is 23.8 Å². The number of hydrogen-bond acceptors (Lipinski definition) is 5. The molecule has 0 aliphatic carbocycles. The number of nitrogens with one attached hydrogen (secondary N) is 1. The van der Waals surface area contributed by atoms with E-state index < -0.39 is 15.9 Å². The van der Waals surface area contributed by atoms with Gasteiger partial charge in [-0.25, -0.2) is 8.42 Å². The molecule has 2 aromatic rings. The summed E-state index contributed by atoms with van der Waals surface area (Å²) in [4.78, 5) is 12.5. The van der Waals surface area contributed by atoms with Gasteiger partial charge in [-0.15, -0.1) is 0 Å². The fourth-order valence-corrected chi connectivity index (χ4v) is 4.59. The normalized spacial score (nSPS) is 16.2. The summed E-state index contributed by atoms with van der Waals surface area (Å²) in [7, 11) is -3.60. The van der Waals surface area contributed by atoms with Crippen molar-refractivity contribution in [3.63, 3.8) is 0 Å². The lowest BCUT2D eigenvalue weighted by molar-refractivity contribution is 0.0923. The van der Waals surface area contributed by atoms with E-state index in [-0.39, 0.29) is 41.1 Å². The Morgan fingerprint density at radius 2 is 1.59 bits per heavy atom. The van der Waals surface area contributed by atoms with Crippen molar-refractivity contribution in [2.24, 2.45) is 0 Å². The first-order chi connectivity index (χ1) is 12.8. The summed E-state index contributed by atoms with van der Waals surface area (Å²) < 4.78 is 26.7. The molecule has 3 rings (SSSR count). The maximum atomic E-state index is 12.7. The molecule has 0 atom stereocenters. The van der Waals surface area contributed by atoms with Crippen LogP contribution in [-0.2, 0) is 10.0 Å². The van der Waals surface area contributed by atoms with Gasteiger partial charge in [-0.3, -0.25) is 4.79 Å². The van der Waals surface area contributed by atoms with Crippen molar-refractivity contribution >= 4 is 27.5 Å². The van der Waals surface area contributed by atoms with Crippen molar-refractivity contribution < 1.29 is 23.4 Å². The van der Waals surface area contributed by atoms with Crippen LogP contribution in [0, 0.1) is 0 Å². The average molecular weight is 411 g/mol. The van der Waals surface area contributed by atoms with Gasteiger partial charge in [0.1, 0.15) is 11.5 Å². The van der Waals surface area contributed by atoms with Crippen LogP contribution in [0.25, 0.3) is 0 Å². The molecule has 1 aliphatic heterocycles. The van der Waals surface area contributed by atoms with Crippen LogP contribution in [0.4, 0.5) is 0 Å². The lowest BCUT2D eigenvalue weighted by atomic mass is 10.1. The largest absolute Gasteiger partial charge is 0.508 e. The Balaban J connectivity index is 1.61. The summed E-state index contributed by atoms with van der Waals surface area (Å²) in [5.74, 6) is -0.840. The van der Waals surface area contributed by atoms with Gasteiger partial charge in [0.15, 0.2) is 0 Å². The van der Waals surface area contributed by atoms with E-state index in [2.05, 4.69) is 5.32 Å². The number of aromatic hydroxyl groups is 2. The zero-order chi connectivity index (χ0) is 19.6. The first-order valence-corrected chi connectivity index (χ1v) is 10.2. The molecule has 0 radical (unpaired) electrons. The number of halogens is 1. The quantitative estimate of drug-likeness (QED) is 0.717. The molecule has 1 aliphatic rings. The number of piperidine rings is 1. The second-order valence-electron chi connectivity index (χ2n) is 6.34. The molecule has 7 nitrogen and oxygen atoms in total. The number of phenolic OH excluding ortho intramolecular Hbond substituents is 2. The smallest absolute Gasteiger partial charge is 0.251 e. The fourth-order valence-electron chi connectivity index (χ4n) is 2.99. The lowest BCUT2D eigenvalue weighted by Gasteiger charge is -2.31. The van der Waals surface area contributed by atoms with Gasteiger partial charge in [-0.2, -0.15) is 4.31 Å². The topological polar surface area (TPSA) is 107 Å². The molecule has 2 aromatic carbocycles. The minimum Gasteiger partial charge on any atom is -0.508 e. The molecule has 9 heteroatoms. The number of amides is 1. The van der Waals surface area contributed by atoms with E-state index in [9.17, 15) is 23.4 Å². The van der Waals surface area contributed by atoms with E-state index in [1.807, 2.05) is 0 Å². The van der Waals surface area contributed by atoms with Crippen LogP contribution in [-0.4, -0.2) is 48.0 Å².